The molecular formula is C14H13N3O2. The summed E-state index contributed by atoms with van der Waals surface area (Å²) in [5.74, 6) is 0.799. The number of methoxy groups -OCH3 is 1. The number of H-pyrrole nitrogens is 1. The Labute approximate surface area is 109 Å². The number of hydrogen-bond donors (Lipinski definition) is 1. The van der Waals surface area contributed by atoms with Gasteiger partial charge in [0.2, 0.25) is 0 Å². The van der Waals surface area contributed by atoms with Crippen molar-refractivity contribution in [3.05, 3.63) is 58.6 Å². The highest BCUT2D eigenvalue weighted by Gasteiger charge is 2.07. The SMILES string of the molecule is COc1ccc(Cn2c(=O)[nH]c3cccnc32)cc1. The van der Waals surface area contributed by atoms with Crippen LogP contribution in [0.5, 0.6) is 5.75 Å². The summed E-state index contributed by atoms with van der Waals surface area (Å²) in [7, 11) is 1.63. The summed E-state index contributed by atoms with van der Waals surface area (Å²) in [6, 6.07) is 11.3. The maximum Gasteiger partial charge on any atom is 0.327 e. The molecule has 96 valence electrons. The van der Waals surface area contributed by atoms with E-state index in [2.05, 4.69) is 9.97 Å². The first-order chi connectivity index (χ1) is 9.28. The lowest BCUT2D eigenvalue weighted by atomic mass is 10.2. The molecule has 0 radical (unpaired) electrons. The molecule has 0 aliphatic carbocycles. The fraction of sp³-hybridized carbons (Fsp3) is 0.143. The smallest absolute Gasteiger partial charge is 0.327 e. The van der Waals surface area contributed by atoms with E-state index >= 15 is 0 Å². The monoisotopic (exact) mass is 255 g/mol. The maximum atomic E-state index is 11.9. The summed E-state index contributed by atoms with van der Waals surface area (Å²) < 4.78 is 6.73. The highest BCUT2D eigenvalue weighted by Crippen LogP contribution is 2.13. The number of imidazole rings is 1. The molecule has 0 atom stereocenters. The molecule has 0 bridgehead atoms. The fourth-order valence-corrected chi connectivity index (χ4v) is 2.05. The van der Waals surface area contributed by atoms with Crippen molar-refractivity contribution < 1.29 is 4.74 Å². The molecule has 0 aliphatic heterocycles. The second-order valence-corrected chi connectivity index (χ2v) is 4.24. The molecule has 1 aromatic carbocycles. The van der Waals surface area contributed by atoms with Gasteiger partial charge in [0.05, 0.1) is 19.2 Å². The Morgan fingerprint density at radius 2 is 2.05 bits per heavy atom. The lowest BCUT2D eigenvalue weighted by Crippen LogP contribution is -2.17. The molecule has 2 heterocycles. The number of fused-ring (bicyclic) bond motifs is 1. The van der Waals surface area contributed by atoms with Crippen LogP contribution in [-0.4, -0.2) is 21.6 Å². The lowest BCUT2D eigenvalue weighted by Gasteiger charge is -2.04. The number of benzene rings is 1. The minimum absolute atomic E-state index is 0.149. The second-order valence-electron chi connectivity index (χ2n) is 4.24. The molecule has 1 N–H and O–H groups in total. The highest BCUT2D eigenvalue weighted by atomic mass is 16.5. The molecule has 3 rings (SSSR count). The molecule has 0 fully saturated rings. The Bertz CT molecular complexity index is 756. The van der Waals surface area contributed by atoms with E-state index in [9.17, 15) is 4.79 Å². The van der Waals surface area contributed by atoms with Crippen LogP contribution in [0, 0.1) is 0 Å². The van der Waals surface area contributed by atoms with Crippen LogP contribution in [0.2, 0.25) is 0 Å². The summed E-state index contributed by atoms with van der Waals surface area (Å²) in [4.78, 5) is 18.9. The van der Waals surface area contributed by atoms with Crippen LogP contribution in [0.3, 0.4) is 0 Å². The van der Waals surface area contributed by atoms with Crippen LogP contribution in [0.1, 0.15) is 5.56 Å². The van der Waals surface area contributed by atoms with Gasteiger partial charge in [-0.2, -0.15) is 0 Å². The summed E-state index contributed by atoms with van der Waals surface area (Å²) >= 11 is 0. The minimum atomic E-state index is -0.149. The number of aromatic nitrogens is 3. The van der Waals surface area contributed by atoms with Crippen molar-refractivity contribution >= 4 is 11.2 Å². The number of nitrogens with one attached hydrogen (secondary N) is 1. The van der Waals surface area contributed by atoms with E-state index in [1.807, 2.05) is 30.3 Å². The topological polar surface area (TPSA) is 59.9 Å². The van der Waals surface area contributed by atoms with Crippen LogP contribution >= 0.6 is 0 Å². The molecule has 19 heavy (non-hydrogen) atoms. The Morgan fingerprint density at radius 1 is 1.26 bits per heavy atom. The van der Waals surface area contributed by atoms with Crippen molar-refractivity contribution in [1.82, 2.24) is 14.5 Å². The Hall–Kier alpha value is -2.56. The number of pyridine rings is 1. The molecule has 5 nitrogen and oxygen atoms in total. The van der Waals surface area contributed by atoms with Crippen molar-refractivity contribution in [2.24, 2.45) is 0 Å². The Morgan fingerprint density at radius 3 is 2.79 bits per heavy atom. The molecule has 3 aromatic rings. The van der Waals surface area contributed by atoms with Crippen molar-refractivity contribution in [2.45, 2.75) is 6.54 Å². The number of nitrogens with zero attached hydrogens (tertiary/aromatic N) is 2. The van der Waals surface area contributed by atoms with Gasteiger partial charge >= 0.3 is 5.69 Å². The van der Waals surface area contributed by atoms with Gasteiger partial charge in [-0.25, -0.2) is 9.78 Å². The molecule has 0 spiro atoms. The highest BCUT2D eigenvalue weighted by molar-refractivity contribution is 5.70. The molecule has 0 unspecified atom stereocenters. The summed E-state index contributed by atoms with van der Waals surface area (Å²) in [5, 5.41) is 0. The first-order valence-corrected chi connectivity index (χ1v) is 5.94. The quantitative estimate of drug-likeness (QED) is 0.776. The molecule has 0 saturated carbocycles. The van der Waals surface area contributed by atoms with Crippen molar-refractivity contribution in [1.29, 1.82) is 0 Å². The Balaban J connectivity index is 2.00. The number of hydrogen-bond acceptors (Lipinski definition) is 3. The van der Waals surface area contributed by atoms with Gasteiger partial charge in [0, 0.05) is 6.20 Å². The van der Waals surface area contributed by atoms with Gasteiger partial charge < -0.3 is 9.72 Å². The predicted molar refractivity (Wildman–Crippen MR) is 72.4 cm³/mol. The third-order valence-electron chi connectivity index (χ3n) is 3.03. The van der Waals surface area contributed by atoms with Crippen molar-refractivity contribution in [3.8, 4) is 5.75 Å². The van der Waals surface area contributed by atoms with Gasteiger partial charge in [0.1, 0.15) is 5.75 Å². The fourth-order valence-electron chi connectivity index (χ4n) is 2.05. The zero-order chi connectivity index (χ0) is 13.2. The van der Waals surface area contributed by atoms with E-state index in [1.165, 1.54) is 0 Å². The van der Waals surface area contributed by atoms with Gasteiger partial charge in [-0.15, -0.1) is 0 Å². The van der Waals surface area contributed by atoms with Crippen LogP contribution in [0.15, 0.2) is 47.4 Å². The molecule has 0 aliphatic rings. The number of aromatic amines is 1. The minimum Gasteiger partial charge on any atom is -0.497 e. The van der Waals surface area contributed by atoms with Crippen molar-refractivity contribution in [3.63, 3.8) is 0 Å². The number of ether oxygens (including phenoxy) is 1. The van der Waals surface area contributed by atoms with Crippen LogP contribution in [0.25, 0.3) is 11.2 Å². The summed E-state index contributed by atoms with van der Waals surface area (Å²) in [5.41, 5.74) is 2.29. The van der Waals surface area contributed by atoms with Gasteiger partial charge in [-0.05, 0) is 29.8 Å². The largest absolute Gasteiger partial charge is 0.497 e. The maximum absolute atomic E-state index is 11.9. The first-order valence-electron chi connectivity index (χ1n) is 5.94. The van der Waals surface area contributed by atoms with Crippen molar-refractivity contribution in [2.75, 3.05) is 7.11 Å². The standard InChI is InChI=1S/C14H13N3O2/c1-19-11-6-4-10(5-7-11)9-17-13-12(16-14(17)18)3-2-8-15-13/h2-8H,9H2,1H3,(H,16,18). The average molecular weight is 255 g/mol. The first kappa shape index (κ1) is 11.5. The predicted octanol–water partition coefficient (Wildman–Crippen LogP) is 1.78. The van der Waals surface area contributed by atoms with Crippen LogP contribution in [0.4, 0.5) is 0 Å². The molecule has 2 aromatic heterocycles. The van der Waals surface area contributed by atoms with Gasteiger partial charge in [0.25, 0.3) is 0 Å². The van der Waals surface area contributed by atoms with E-state index < -0.39 is 0 Å². The zero-order valence-electron chi connectivity index (χ0n) is 10.5. The molecule has 0 saturated heterocycles. The van der Waals surface area contributed by atoms with Gasteiger partial charge in [-0.1, -0.05) is 12.1 Å². The second kappa shape index (κ2) is 4.61. The molecule has 0 amide bonds. The molecule has 5 heteroatoms. The lowest BCUT2D eigenvalue weighted by molar-refractivity contribution is 0.414. The van der Waals surface area contributed by atoms with Gasteiger partial charge in [-0.3, -0.25) is 4.57 Å². The van der Waals surface area contributed by atoms with Crippen LogP contribution < -0.4 is 10.4 Å². The number of rotatable bonds is 3. The average Bonchev–Trinajstić information content (AvgIpc) is 2.76. The molecular weight excluding hydrogens is 242 g/mol. The zero-order valence-corrected chi connectivity index (χ0v) is 10.5. The normalized spacial score (nSPS) is 10.8. The third-order valence-corrected chi connectivity index (χ3v) is 3.03. The Kier molecular flexibility index (Phi) is 2.79. The van der Waals surface area contributed by atoms with E-state index in [0.29, 0.717) is 12.2 Å². The van der Waals surface area contributed by atoms with E-state index in [-0.39, 0.29) is 5.69 Å². The van der Waals surface area contributed by atoms with Gasteiger partial charge in [0.15, 0.2) is 5.65 Å². The third kappa shape index (κ3) is 2.10. The summed E-state index contributed by atoms with van der Waals surface area (Å²) in [6.45, 7) is 0.486. The van der Waals surface area contributed by atoms with E-state index in [0.717, 1.165) is 16.8 Å². The van der Waals surface area contributed by atoms with Crippen LogP contribution in [-0.2, 0) is 6.54 Å². The van der Waals surface area contributed by atoms with E-state index in [4.69, 9.17) is 4.74 Å². The summed E-state index contributed by atoms with van der Waals surface area (Å²) in [6.07, 6.45) is 1.68. The van der Waals surface area contributed by atoms with E-state index in [1.54, 1.807) is 23.9 Å².